The van der Waals surface area contributed by atoms with Crippen molar-refractivity contribution >= 4 is 56.4 Å². The molecule has 154 valence electrons. The highest BCUT2D eigenvalue weighted by Crippen LogP contribution is 2.25. The summed E-state index contributed by atoms with van der Waals surface area (Å²) < 4.78 is 6.42. The lowest BCUT2D eigenvalue weighted by molar-refractivity contribution is -0.385. The van der Waals surface area contributed by atoms with Crippen LogP contribution in [0.1, 0.15) is 10.4 Å². The van der Waals surface area contributed by atoms with Gasteiger partial charge in [-0.05, 0) is 12.1 Å². The number of halogens is 1. The van der Waals surface area contributed by atoms with Crippen LogP contribution in [0.4, 0.5) is 11.4 Å². The number of thiazole rings is 1. The Morgan fingerprint density at radius 3 is 2.40 bits per heavy atom. The molecule has 0 radical (unpaired) electrons. The minimum Gasteiger partial charge on any atom is -0.468 e. The molecule has 13 heteroatoms. The van der Waals surface area contributed by atoms with Gasteiger partial charge in [0.15, 0.2) is 4.80 Å². The van der Waals surface area contributed by atoms with Crippen molar-refractivity contribution in [1.29, 1.82) is 0 Å². The Morgan fingerprint density at radius 1 is 1.13 bits per heavy atom. The molecule has 1 heterocycles. The number of aromatic nitrogens is 1. The van der Waals surface area contributed by atoms with Crippen LogP contribution in [0.2, 0.25) is 5.02 Å². The molecule has 11 nitrogen and oxygen atoms in total. The minimum absolute atomic E-state index is 0.0365. The fraction of sp³-hybridized carbons (Fsp3) is 0.118. The van der Waals surface area contributed by atoms with Crippen LogP contribution in [0.15, 0.2) is 41.4 Å². The predicted molar refractivity (Wildman–Crippen MR) is 106 cm³/mol. The van der Waals surface area contributed by atoms with E-state index < -0.39 is 21.7 Å². The lowest BCUT2D eigenvalue weighted by Crippen LogP contribution is -2.22. The van der Waals surface area contributed by atoms with E-state index in [1.165, 1.54) is 35.9 Å². The van der Waals surface area contributed by atoms with Gasteiger partial charge in [0.1, 0.15) is 6.54 Å². The van der Waals surface area contributed by atoms with Crippen molar-refractivity contribution in [2.45, 2.75) is 6.54 Å². The number of nitro benzene ring substituents is 2. The summed E-state index contributed by atoms with van der Waals surface area (Å²) in [4.78, 5) is 49.2. The molecule has 0 atom stereocenters. The molecule has 0 saturated heterocycles. The van der Waals surface area contributed by atoms with E-state index in [1.807, 2.05) is 0 Å². The van der Waals surface area contributed by atoms with Crippen LogP contribution in [-0.4, -0.2) is 33.4 Å². The first-order chi connectivity index (χ1) is 14.2. The van der Waals surface area contributed by atoms with Crippen molar-refractivity contribution in [1.82, 2.24) is 4.57 Å². The van der Waals surface area contributed by atoms with Gasteiger partial charge in [-0.2, -0.15) is 4.99 Å². The first kappa shape index (κ1) is 21.1. The summed E-state index contributed by atoms with van der Waals surface area (Å²) in [6.45, 7) is -0.302. The monoisotopic (exact) mass is 450 g/mol. The molecule has 0 aliphatic carbocycles. The van der Waals surface area contributed by atoms with E-state index in [1.54, 1.807) is 0 Å². The van der Waals surface area contributed by atoms with E-state index in [9.17, 15) is 29.8 Å². The maximum absolute atomic E-state index is 12.7. The smallest absolute Gasteiger partial charge is 0.325 e. The quantitative estimate of drug-likeness (QED) is 0.329. The Morgan fingerprint density at radius 2 is 1.77 bits per heavy atom. The number of nitrogens with zero attached hydrogens (tertiary/aromatic N) is 4. The second-order valence-corrected chi connectivity index (χ2v) is 7.21. The highest BCUT2D eigenvalue weighted by molar-refractivity contribution is 7.16. The van der Waals surface area contributed by atoms with E-state index in [-0.39, 0.29) is 33.3 Å². The Labute approximate surface area is 176 Å². The molecule has 30 heavy (non-hydrogen) atoms. The molecule has 0 aliphatic heterocycles. The summed E-state index contributed by atoms with van der Waals surface area (Å²) in [5.74, 6) is -1.50. The van der Waals surface area contributed by atoms with Crippen molar-refractivity contribution in [2.24, 2.45) is 4.99 Å². The van der Waals surface area contributed by atoms with Crippen LogP contribution in [0.3, 0.4) is 0 Å². The van der Waals surface area contributed by atoms with E-state index >= 15 is 0 Å². The summed E-state index contributed by atoms with van der Waals surface area (Å²) in [5, 5.41) is 22.0. The van der Waals surface area contributed by atoms with Crippen LogP contribution in [0.25, 0.3) is 10.2 Å². The zero-order valence-corrected chi connectivity index (χ0v) is 16.7. The third-order valence-electron chi connectivity index (χ3n) is 3.98. The minimum atomic E-state index is -0.872. The molecule has 1 amide bonds. The van der Waals surface area contributed by atoms with Gasteiger partial charge in [0.25, 0.3) is 17.3 Å². The van der Waals surface area contributed by atoms with E-state index in [0.717, 1.165) is 23.5 Å². The fourth-order valence-corrected chi connectivity index (χ4v) is 3.80. The molecule has 0 saturated carbocycles. The molecule has 2 aromatic carbocycles. The van der Waals surface area contributed by atoms with Gasteiger partial charge < -0.3 is 9.30 Å². The van der Waals surface area contributed by atoms with E-state index in [0.29, 0.717) is 10.2 Å². The summed E-state index contributed by atoms with van der Waals surface area (Å²) in [7, 11) is 1.19. The van der Waals surface area contributed by atoms with Gasteiger partial charge in [-0.1, -0.05) is 22.9 Å². The maximum atomic E-state index is 12.7. The van der Waals surface area contributed by atoms with Gasteiger partial charge in [0, 0.05) is 24.3 Å². The van der Waals surface area contributed by atoms with Crippen LogP contribution >= 0.6 is 22.9 Å². The van der Waals surface area contributed by atoms with Crippen molar-refractivity contribution in [3.8, 4) is 0 Å². The lowest BCUT2D eigenvalue weighted by atomic mass is 10.2. The average Bonchev–Trinajstić information content (AvgIpc) is 3.03. The third-order valence-corrected chi connectivity index (χ3v) is 5.35. The highest BCUT2D eigenvalue weighted by Gasteiger charge is 2.18. The van der Waals surface area contributed by atoms with Gasteiger partial charge in [-0.15, -0.1) is 0 Å². The van der Waals surface area contributed by atoms with Crippen molar-refractivity contribution in [2.75, 3.05) is 7.11 Å². The van der Waals surface area contributed by atoms with Crippen LogP contribution in [0.5, 0.6) is 0 Å². The average molecular weight is 451 g/mol. The molecule has 0 aliphatic rings. The van der Waals surface area contributed by atoms with Gasteiger partial charge in [-0.3, -0.25) is 29.8 Å². The molecule has 3 aromatic rings. The first-order valence-corrected chi connectivity index (χ1v) is 9.28. The Bertz CT molecular complexity index is 1280. The Balaban J connectivity index is 2.19. The van der Waals surface area contributed by atoms with Crippen LogP contribution in [-0.2, 0) is 16.1 Å². The largest absolute Gasteiger partial charge is 0.468 e. The summed E-state index contributed by atoms with van der Waals surface area (Å²) >= 11 is 6.92. The Hall–Kier alpha value is -3.64. The fourth-order valence-electron chi connectivity index (χ4n) is 2.55. The SMILES string of the molecule is COC(=O)Cn1c(=NC(=O)c2cc([N+](=O)[O-])ccc2Cl)sc2cc([N+](=O)[O-])ccc21. The van der Waals surface area contributed by atoms with Crippen LogP contribution < -0.4 is 4.80 Å². The highest BCUT2D eigenvalue weighted by atomic mass is 35.5. The number of carbonyl (C=O) groups excluding carboxylic acids is 2. The number of methoxy groups -OCH3 is 1. The molecular formula is C17H11ClN4O7S. The molecule has 0 fully saturated rings. The van der Waals surface area contributed by atoms with Crippen molar-refractivity contribution in [3.05, 3.63) is 72.0 Å². The topological polar surface area (TPSA) is 147 Å². The number of carbonyl (C=O) groups is 2. The number of nitro groups is 2. The second-order valence-electron chi connectivity index (χ2n) is 5.79. The van der Waals surface area contributed by atoms with Crippen molar-refractivity contribution in [3.63, 3.8) is 0 Å². The molecule has 0 unspecified atom stereocenters. The van der Waals surface area contributed by atoms with Crippen molar-refractivity contribution < 1.29 is 24.2 Å². The molecule has 3 rings (SSSR count). The molecule has 0 N–H and O–H groups in total. The molecule has 0 spiro atoms. The van der Waals surface area contributed by atoms with Crippen LogP contribution in [0, 0.1) is 20.2 Å². The van der Waals surface area contributed by atoms with E-state index in [4.69, 9.17) is 11.6 Å². The zero-order valence-electron chi connectivity index (χ0n) is 15.1. The number of rotatable bonds is 5. The van der Waals surface area contributed by atoms with Gasteiger partial charge in [0.2, 0.25) is 0 Å². The number of benzene rings is 2. The van der Waals surface area contributed by atoms with Gasteiger partial charge >= 0.3 is 5.97 Å². The molecule has 1 aromatic heterocycles. The van der Waals surface area contributed by atoms with E-state index in [2.05, 4.69) is 9.73 Å². The summed E-state index contributed by atoms with van der Waals surface area (Å²) in [6, 6.07) is 7.32. The van der Waals surface area contributed by atoms with Gasteiger partial charge in [0.05, 0.1) is 37.8 Å². The summed E-state index contributed by atoms with van der Waals surface area (Å²) in [5.41, 5.74) is -0.285. The first-order valence-electron chi connectivity index (χ1n) is 8.09. The second kappa shape index (κ2) is 8.39. The number of ether oxygens (including phenoxy) is 1. The predicted octanol–water partition coefficient (Wildman–Crippen LogP) is 3.09. The number of non-ortho nitro benzene ring substituents is 2. The van der Waals surface area contributed by atoms with Gasteiger partial charge in [-0.25, -0.2) is 0 Å². The summed E-state index contributed by atoms with van der Waals surface area (Å²) in [6.07, 6.45) is 0. The number of hydrogen-bond donors (Lipinski definition) is 0. The zero-order chi connectivity index (χ0) is 22.0. The number of esters is 1. The third kappa shape index (κ3) is 4.18. The number of fused-ring (bicyclic) bond motifs is 1. The standard InChI is InChI=1S/C17H11ClN4O7S/c1-29-15(23)8-20-13-5-3-10(22(27)28)7-14(13)30-17(20)19-16(24)11-6-9(21(25)26)2-4-12(11)18/h2-7H,8H2,1H3. The number of hydrogen-bond acceptors (Lipinski definition) is 8. The lowest BCUT2D eigenvalue weighted by Gasteiger charge is -2.04. The number of amides is 1. The normalized spacial score (nSPS) is 11.5. The molecular weight excluding hydrogens is 440 g/mol. The molecule has 0 bridgehead atoms. The Kier molecular flexibility index (Phi) is 5.89. The maximum Gasteiger partial charge on any atom is 0.325 e.